The molecule has 9 nitrogen and oxygen atoms in total. The van der Waals surface area contributed by atoms with E-state index in [9.17, 15) is 13.2 Å². The van der Waals surface area contributed by atoms with Gasteiger partial charge in [-0.3, -0.25) is 10.7 Å². The van der Waals surface area contributed by atoms with Crippen molar-refractivity contribution in [2.24, 2.45) is 0 Å². The van der Waals surface area contributed by atoms with Crippen LogP contribution in [0.3, 0.4) is 0 Å². The molecule has 3 aliphatic rings. The molecule has 2 saturated carbocycles. The van der Waals surface area contributed by atoms with E-state index >= 15 is 0 Å². The average Bonchev–Trinajstić information content (AvgIpc) is 3.64. The van der Waals surface area contributed by atoms with E-state index in [0.29, 0.717) is 17.4 Å². The summed E-state index contributed by atoms with van der Waals surface area (Å²) < 4.78 is 35.7. The van der Waals surface area contributed by atoms with E-state index in [-0.39, 0.29) is 65.0 Å². The van der Waals surface area contributed by atoms with Crippen molar-refractivity contribution in [1.29, 1.82) is 0 Å². The second-order valence-corrected chi connectivity index (χ2v) is 12.5. The molecule has 0 bridgehead atoms. The molecule has 0 unspecified atom stereocenters. The summed E-state index contributed by atoms with van der Waals surface area (Å²) in [4.78, 5) is 29.2. The zero-order chi connectivity index (χ0) is 27.9. The molecule has 6 rings (SSSR count). The molecule has 11 heteroatoms. The van der Waals surface area contributed by atoms with E-state index < -0.39 is 16.1 Å². The number of ether oxygens (including phenoxy) is 1. The topological polar surface area (TPSA) is 115 Å². The standard InChI is InChI=1S/C28H32N3O4S.CO2.CH4.K/c1-30(2)36(33,34)29-28(32)18-9-11-22-25(14-18)31-16-19-13-23(19)24-15-20(35-3)10-12-21(24)27(31)26(22)17-7-5-4-6-8-17;2-1-3;;/h9-12,14-15,17,23H,4-8,13,16H2,1-3H3,(H,29,32);;1H4;/q-1;;;+1/t23-;;;/m1.../s1. The van der Waals surface area contributed by atoms with Gasteiger partial charge in [-0.15, -0.1) is 0 Å². The number of methoxy groups -OCH3 is 1. The molecule has 0 saturated heterocycles. The Morgan fingerprint density at radius 1 is 1.10 bits per heavy atom. The summed E-state index contributed by atoms with van der Waals surface area (Å²) in [5.74, 6) is 2.67. The fourth-order valence-corrected chi connectivity index (χ4v) is 6.66. The number of aromatic nitrogens is 1. The molecule has 0 spiro atoms. The number of hydrogen-bond donors (Lipinski definition) is 1. The van der Waals surface area contributed by atoms with Gasteiger partial charge in [-0.2, -0.15) is 34.7 Å². The average molecular weight is 606 g/mol. The van der Waals surface area contributed by atoms with Crippen molar-refractivity contribution < 1.29 is 78.9 Å². The van der Waals surface area contributed by atoms with Gasteiger partial charge in [0.2, 0.25) is 0 Å². The van der Waals surface area contributed by atoms with Crippen LogP contribution in [0.5, 0.6) is 5.75 Å². The van der Waals surface area contributed by atoms with Gasteiger partial charge in [0.25, 0.3) is 5.91 Å². The van der Waals surface area contributed by atoms with Crippen molar-refractivity contribution >= 4 is 33.2 Å². The molecule has 3 aromatic rings. The van der Waals surface area contributed by atoms with Crippen LogP contribution in [0.25, 0.3) is 22.2 Å². The maximum atomic E-state index is 12.9. The third-order valence-electron chi connectivity index (χ3n) is 8.13. The van der Waals surface area contributed by atoms with Crippen molar-refractivity contribution in [3.63, 3.8) is 0 Å². The van der Waals surface area contributed by atoms with Gasteiger partial charge in [0.05, 0.1) is 12.8 Å². The van der Waals surface area contributed by atoms with Crippen molar-refractivity contribution in [3.05, 3.63) is 59.0 Å². The number of carbonyl (C=O) groups excluding carboxylic acids is 3. The molecule has 2 heterocycles. The molecule has 1 N–H and O–H groups in total. The summed E-state index contributed by atoms with van der Waals surface area (Å²) >= 11 is 0. The smallest absolute Gasteiger partial charge is 0.497 e. The summed E-state index contributed by atoms with van der Waals surface area (Å²) in [6.45, 7) is 0.821. The molecule has 2 aliphatic carbocycles. The number of nitrogens with one attached hydrogen (secondary N) is 1. The summed E-state index contributed by atoms with van der Waals surface area (Å²) in [7, 11) is 0.642. The fraction of sp³-hybridized carbons (Fsp3) is 0.433. The van der Waals surface area contributed by atoms with Gasteiger partial charge in [0.1, 0.15) is 5.75 Å². The molecular formula is C30H36KN3O6S. The Hall–Kier alpha value is -1.82. The van der Waals surface area contributed by atoms with Gasteiger partial charge >= 0.3 is 67.7 Å². The first-order chi connectivity index (χ1) is 18.7. The number of carbonyl (C=O) groups is 1. The second-order valence-electron chi connectivity index (χ2n) is 10.6. The molecule has 41 heavy (non-hydrogen) atoms. The number of hydrogen-bond acceptors (Lipinski definition) is 6. The van der Waals surface area contributed by atoms with Gasteiger partial charge in [-0.25, -0.2) is 4.72 Å². The van der Waals surface area contributed by atoms with Crippen LogP contribution < -0.4 is 60.8 Å². The van der Waals surface area contributed by atoms with E-state index in [0.717, 1.165) is 28.5 Å². The molecule has 2 fully saturated rings. The predicted molar refractivity (Wildman–Crippen MR) is 152 cm³/mol. The Morgan fingerprint density at radius 3 is 2.41 bits per heavy atom. The first-order valence-corrected chi connectivity index (χ1v) is 14.6. The second kappa shape index (κ2) is 13.6. The summed E-state index contributed by atoms with van der Waals surface area (Å²) in [6, 6.07) is 12.1. The van der Waals surface area contributed by atoms with Crippen LogP contribution in [0, 0.1) is 5.92 Å². The number of amides is 1. The quantitative estimate of drug-likeness (QED) is 0.352. The molecule has 0 radical (unpaired) electrons. The van der Waals surface area contributed by atoms with Crippen LogP contribution in [-0.2, 0) is 26.3 Å². The Labute approximate surface area is 284 Å². The maximum Gasteiger partial charge on any atom is 1.00 e. The van der Waals surface area contributed by atoms with Gasteiger partial charge in [0, 0.05) is 30.6 Å². The first kappa shape index (κ1) is 33.7. The van der Waals surface area contributed by atoms with Crippen molar-refractivity contribution in [2.75, 3.05) is 21.2 Å². The van der Waals surface area contributed by atoms with Crippen LogP contribution in [0.2, 0.25) is 0 Å². The zero-order valence-electron chi connectivity index (χ0n) is 23.3. The van der Waals surface area contributed by atoms with E-state index in [2.05, 4.69) is 21.4 Å². The van der Waals surface area contributed by atoms with Crippen LogP contribution in [-0.4, -0.2) is 50.6 Å². The van der Waals surface area contributed by atoms with Crippen molar-refractivity contribution in [3.8, 4) is 17.0 Å². The van der Waals surface area contributed by atoms with Crippen molar-refractivity contribution in [1.82, 2.24) is 13.6 Å². The van der Waals surface area contributed by atoms with Crippen LogP contribution in [0.4, 0.5) is 0 Å². The normalized spacial score (nSPS) is 17.7. The molecule has 2 aromatic carbocycles. The van der Waals surface area contributed by atoms with E-state index in [1.54, 1.807) is 13.2 Å². The largest absolute Gasteiger partial charge is 1.00 e. The van der Waals surface area contributed by atoms with Crippen LogP contribution in [0.1, 0.15) is 79.3 Å². The minimum absolute atomic E-state index is 0. The third kappa shape index (κ3) is 6.57. The van der Waals surface area contributed by atoms with E-state index in [1.807, 2.05) is 18.2 Å². The summed E-state index contributed by atoms with van der Waals surface area (Å²) in [5.41, 5.74) is 6.57. The minimum Gasteiger partial charge on any atom is -0.497 e. The molecule has 1 atom stereocenters. The number of rotatable bonds is 5. The fourth-order valence-electron chi connectivity index (χ4n) is 6.13. The van der Waals surface area contributed by atoms with Crippen LogP contribution in [0.15, 0.2) is 36.4 Å². The third-order valence-corrected chi connectivity index (χ3v) is 9.54. The van der Waals surface area contributed by atoms with Crippen molar-refractivity contribution in [2.45, 2.75) is 64.3 Å². The zero-order valence-corrected chi connectivity index (χ0v) is 27.3. The monoisotopic (exact) mass is 605 g/mol. The summed E-state index contributed by atoms with van der Waals surface area (Å²) in [5, 5.41) is 1.17. The molecule has 1 aromatic heterocycles. The maximum absolute atomic E-state index is 12.9. The van der Waals surface area contributed by atoms with Crippen LogP contribution >= 0.6 is 0 Å². The Kier molecular flexibility index (Phi) is 11.2. The predicted octanol–water partition coefficient (Wildman–Crippen LogP) is 2.03. The Bertz CT molecular complexity index is 1570. The SMILES string of the molecule is C.COc1ccc2c(c1)[C@@H]1C[C-]1Cn1c-2c(C2CCCCC2)c2ccc(C(=O)NS(=O)(=O)N(C)C)cc21.O=C=O.[K+]. The molecular weight excluding hydrogens is 570 g/mol. The summed E-state index contributed by atoms with van der Waals surface area (Å²) in [6.07, 6.45) is 7.40. The number of fused-ring (bicyclic) bond motifs is 7. The number of benzene rings is 2. The van der Waals surface area contributed by atoms with Gasteiger partial charge in [-0.05, 0) is 60.2 Å². The molecule has 1 amide bonds. The van der Waals surface area contributed by atoms with Gasteiger partial charge < -0.3 is 9.30 Å². The molecule has 214 valence electrons. The Balaban J connectivity index is 0.000000887. The van der Waals surface area contributed by atoms with Gasteiger partial charge in [0.15, 0.2) is 0 Å². The van der Waals surface area contributed by atoms with E-state index in [1.165, 1.54) is 79.9 Å². The Morgan fingerprint density at radius 2 is 1.78 bits per heavy atom. The number of nitrogens with zero attached hydrogens (tertiary/aromatic N) is 2. The first-order valence-electron chi connectivity index (χ1n) is 13.1. The van der Waals surface area contributed by atoms with E-state index in [4.69, 9.17) is 14.3 Å². The minimum atomic E-state index is -3.87. The molecule has 1 aliphatic heterocycles. The van der Waals surface area contributed by atoms with Gasteiger partial charge in [-0.1, -0.05) is 44.9 Å².